The highest BCUT2D eigenvalue weighted by molar-refractivity contribution is 5.85. The zero-order chi connectivity index (χ0) is 20.6. The van der Waals surface area contributed by atoms with Crippen molar-refractivity contribution in [2.24, 2.45) is 5.92 Å². The van der Waals surface area contributed by atoms with E-state index in [9.17, 15) is 9.59 Å². The fourth-order valence-electron chi connectivity index (χ4n) is 3.66. The molecule has 162 valence electrons. The number of hydrogen-bond acceptors (Lipinski definition) is 3. The monoisotopic (exact) mass is 430 g/mol. The summed E-state index contributed by atoms with van der Waals surface area (Å²) in [6.07, 6.45) is 2.20. The molecule has 3 rings (SSSR count). The number of benzene rings is 2. The van der Waals surface area contributed by atoms with Gasteiger partial charge in [0.15, 0.2) is 0 Å². The number of carbonyl (C=O) groups is 2. The van der Waals surface area contributed by atoms with E-state index in [0.29, 0.717) is 39.0 Å². The molecule has 1 fully saturated rings. The third-order valence-corrected chi connectivity index (χ3v) is 5.42. The Labute approximate surface area is 184 Å². The van der Waals surface area contributed by atoms with Gasteiger partial charge in [0.1, 0.15) is 0 Å². The zero-order valence-corrected chi connectivity index (χ0v) is 18.2. The van der Waals surface area contributed by atoms with E-state index >= 15 is 0 Å². The van der Waals surface area contributed by atoms with E-state index in [2.05, 4.69) is 5.32 Å². The first-order valence-corrected chi connectivity index (χ1v) is 10.2. The molecule has 2 aromatic carbocycles. The highest BCUT2D eigenvalue weighted by atomic mass is 35.5. The van der Waals surface area contributed by atoms with Gasteiger partial charge in [-0.3, -0.25) is 4.79 Å². The van der Waals surface area contributed by atoms with Crippen molar-refractivity contribution in [1.29, 1.82) is 0 Å². The van der Waals surface area contributed by atoms with Crippen LogP contribution in [0.5, 0.6) is 0 Å². The summed E-state index contributed by atoms with van der Waals surface area (Å²) < 4.78 is 0. The van der Waals surface area contributed by atoms with Crippen LogP contribution in [-0.4, -0.2) is 48.4 Å². The van der Waals surface area contributed by atoms with Gasteiger partial charge in [0.2, 0.25) is 5.91 Å². The first-order valence-electron chi connectivity index (χ1n) is 10.2. The van der Waals surface area contributed by atoms with E-state index in [1.807, 2.05) is 66.5 Å². The standard InChI is InChI=1S/C23H30N4O2.ClH/c1-26(17-19-5-3-2-4-6-19)23(29)27-15-12-20(13-16-27)22(28)25-14-11-18-7-9-21(24)10-8-18;/h2-10,20H,11-17,24H2,1H3,(H,25,28);1H. The van der Waals surface area contributed by atoms with E-state index in [4.69, 9.17) is 5.73 Å². The second kappa shape index (κ2) is 11.5. The Morgan fingerprint density at radius 3 is 2.30 bits per heavy atom. The number of amides is 3. The lowest BCUT2D eigenvalue weighted by Gasteiger charge is -2.34. The van der Waals surface area contributed by atoms with Crippen molar-refractivity contribution >= 4 is 30.0 Å². The molecule has 2 aromatic rings. The molecule has 0 aliphatic carbocycles. The molecular weight excluding hydrogens is 400 g/mol. The van der Waals surface area contributed by atoms with E-state index < -0.39 is 0 Å². The van der Waals surface area contributed by atoms with E-state index in [1.54, 1.807) is 4.90 Å². The Hall–Kier alpha value is -2.73. The van der Waals surface area contributed by atoms with Crippen molar-refractivity contribution in [3.8, 4) is 0 Å². The number of nitrogen functional groups attached to an aromatic ring is 1. The number of hydrogen-bond donors (Lipinski definition) is 2. The fraction of sp³-hybridized carbons (Fsp3) is 0.391. The number of halogens is 1. The number of rotatable bonds is 6. The average Bonchev–Trinajstić information content (AvgIpc) is 2.75. The quantitative estimate of drug-likeness (QED) is 0.690. The van der Waals surface area contributed by atoms with Crippen LogP contribution in [0, 0.1) is 5.92 Å². The Bertz CT molecular complexity index is 806. The van der Waals surface area contributed by atoms with Crippen molar-refractivity contribution in [2.45, 2.75) is 25.8 Å². The van der Waals surface area contributed by atoms with Crippen LogP contribution in [0.2, 0.25) is 0 Å². The first kappa shape index (κ1) is 23.5. The summed E-state index contributed by atoms with van der Waals surface area (Å²) in [5.41, 5.74) is 8.70. The van der Waals surface area contributed by atoms with Crippen molar-refractivity contribution in [3.05, 3.63) is 65.7 Å². The molecule has 30 heavy (non-hydrogen) atoms. The van der Waals surface area contributed by atoms with Crippen LogP contribution >= 0.6 is 12.4 Å². The van der Waals surface area contributed by atoms with Gasteiger partial charge in [0.25, 0.3) is 0 Å². The average molecular weight is 431 g/mol. The molecule has 1 heterocycles. The number of nitrogens with one attached hydrogen (secondary N) is 1. The Morgan fingerprint density at radius 2 is 1.67 bits per heavy atom. The molecule has 1 aliphatic heterocycles. The van der Waals surface area contributed by atoms with Crippen molar-refractivity contribution in [1.82, 2.24) is 15.1 Å². The molecule has 0 bridgehead atoms. The maximum Gasteiger partial charge on any atom is 0.320 e. The second-order valence-corrected chi connectivity index (χ2v) is 7.67. The van der Waals surface area contributed by atoms with Crippen LogP contribution in [0.3, 0.4) is 0 Å². The normalized spacial score (nSPS) is 14.0. The molecule has 0 unspecified atom stereocenters. The molecular formula is C23H31ClN4O2. The van der Waals surface area contributed by atoms with Crippen LogP contribution in [0.1, 0.15) is 24.0 Å². The van der Waals surface area contributed by atoms with Crippen molar-refractivity contribution in [3.63, 3.8) is 0 Å². The summed E-state index contributed by atoms with van der Waals surface area (Å²) >= 11 is 0. The molecule has 0 atom stereocenters. The second-order valence-electron chi connectivity index (χ2n) is 7.67. The largest absolute Gasteiger partial charge is 0.399 e. The number of nitrogens with two attached hydrogens (primary N) is 1. The summed E-state index contributed by atoms with van der Waals surface area (Å²) in [5.74, 6) is 0.0649. The van der Waals surface area contributed by atoms with E-state index in [0.717, 1.165) is 23.2 Å². The maximum atomic E-state index is 12.7. The lowest BCUT2D eigenvalue weighted by atomic mass is 9.96. The Balaban J connectivity index is 0.00000320. The molecule has 0 radical (unpaired) electrons. The lowest BCUT2D eigenvalue weighted by Crippen LogP contribution is -2.47. The van der Waals surface area contributed by atoms with Crippen LogP contribution in [0.4, 0.5) is 10.5 Å². The minimum atomic E-state index is -0.0232. The molecule has 1 saturated heterocycles. The van der Waals surface area contributed by atoms with Gasteiger partial charge in [-0.15, -0.1) is 12.4 Å². The van der Waals surface area contributed by atoms with Crippen molar-refractivity contribution < 1.29 is 9.59 Å². The Morgan fingerprint density at radius 1 is 1.03 bits per heavy atom. The number of anilines is 1. The summed E-state index contributed by atoms with van der Waals surface area (Å²) in [6.45, 7) is 2.44. The summed E-state index contributed by atoms with van der Waals surface area (Å²) in [6, 6.07) is 17.7. The van der Waals surface area contributed by atoms with Crippen molar-refractivity contribution in [2.75, 3.05) is 32.4 Å². The highest BCUT2D eigenvalue weighted by Crippen LogP contribution is 2.19. The van der Waals surface area contributed by atoms with Gasteiger partial charge in [-0.1, -0.05) is 42.5 Å². The lowest BCUT2D eigenvalue weighted by molar-refractivity contribution is -0.126. The minimum Gasteiger partial charge on any atom is -0.399 e. The number of piperidine rings is 1. The fourth-order valence-corrected chi connectivity index (χ4v) is 3.66. The summed E-state index contributed by atoms with van der Waals surface area (Å²) in [7, 11) is 1.82. The number of urea groups is 1. The topological polar surface area (TPSA) is 78.7 Å². The number of likely N-dealkylation sites (tertiary alicyclic amines) is 1. The molecule has 0 aromatic heterocycles. The zero-order valence-electron chi connectivity index (χ0n) is 17.4. The van der Waals surface area contributed by atoms with E-state index in [1.165, 1.54) is 0 Å². The summed E-state index contributed by atoms with van der Waals surface area (Å²) in [5, 5.41) is 3.03. The SMILES string of the molecule is CN(Cc1ccccc1)C(=O)N1CCC(C(=O)NCCc2ccc(N)cc2)CC1.Cl. The molecule has 6 nitrogen and oxygen atoms in total. The maximum absolute atomic E-state index is 12.7. The number of nitrogens with zero attached hydrogens (tertiary/aromatic N) is 2. The molecule has 3 N–H and O–H groups in total. The van der Waals surface area contributed by atoms with Gasteiger partial charge in [-0.2, -0.15) is 0 Å². The molecule has 1 aliphatic rings. The molecule has 0 spiro atoms. The van der Waals surface area contributed by atoms with Crippen LogP contribution in [0.15, 0.2) is 54.6 Å². The van der Waals surface area contributed by atoms with Gasteiger partial charge in [-0.25, -0.2) is 4.79 Å². The van der Waals surface area contributed by atoms with Gasteiger partial charge in [0, 0.05) is 44.8 Å². The molecule has 7 heteroatoms. The van der Waals surface area contributed by atoms with Crippen LogP contribution < -0.4 is 11.1 Å². The first-order chi connectivity index (χ1) is 14.0. The molecule has 0 saturated carbocycles. The van der Waals surface area contributed by atoms with Gasteiger partial charge >= 0.3 is 6.03 Å². The van der Waals surface area contributed by atoms with Crippen LogP contribution in [-0.2, 0) is 17.8 Å². The van der Waals surface area contributed by atoms with Gasteiger partial charge in [0.05, 0.1) is 0 Å². The third-order valence-electron chi connectivity index (χ3n) is 5.42. The smallest absolute Gasteiger partial charge is 0.320 e. The third kappa shape index (κ3) is 6.66. The Kier molecular flexibility index (Phi) is 8.99. The van der Waals surface area contributed by atoms with Gasteiger partial charge in [-0.05, 0) is 42.5 Å². The van der Waals surface area contributed by atoms with Gasteiger partial charge < -0.3 is 20.9 Å². The predicted molar refractivity (Wildman–Crippen MR) is 122 cm³/mol. The minimum absolute atomic E-state index is 0. The van der Waals surface area contributed by atoms with E-state index in [-0.39, 0.29) is 30.3 Å². The number of carbonyl (C=O) groups excluding carboxylic acids is 2. The predicted octanol–water partition coefficient (Wildman–Crippen LogP) is 3.31. The highest BCUT2D eigenvalue weighted by Gasteiger charge is 2.28. The molecule has 3 amide bonds. The summed E-state index contributed by atoms with van der Waals surface area (Å²) in [4.78, 5) is 28.7. The van der Waals surface area contributed by atoms with Crippen LogP contribution in [0.25, 0.3) is 0 Å².